The standard InChI is InChI=1S/C14H16N4O/c1-9(2)7-10-8-13(19)18(17-10)14-15-11-5-3-4-6-12(11)16-14/h3-6,9H,7-8H2,1-2H3,(H,15,16). The summed E-state index contributed by atoms with van der Waals surface area (Å²) in [6.07, 6.45) is 1.25. The molecule has 0 aliphatic carbocycles. The normalized spacial score (nSPS) is 15.6. The Morgan fingerprint density at radius 2 is 2.16 bits per heavy atom. The lowest BCUT2D eigenvalue weighted by Crippen LogP contribution is -2.20. The molecule has 0 radical (unpaired) electrons. The Kier molecular flexibility index (Phi) is 2.81. The fourth-order valence-electron chi connectivity index (χ4n) is 2.27. The number of rotatable bonds is 3. The molecular formula is C14H16N4O. The average molecular weight is 256 g/mol. The molecule has 3 rings (SSSR count). The molecule has 0 saturated carbocycles. The zero-order valence-electron chi connectivity index (χ0n) is 11.1. The van der Waals surface area contributed by atoms with Crippen LogP contribution in [0.3, 0.4) is 0 Å². The number of carbonyl (C=O) groups is 1. The summed E-state index contributed by atoms with van der Waals surface area (Å²) in [5, 5.41) is 5.77. The monoisotopic (exact) mass is 256 g/mol. The van der Waals surface area contributed by atoms with Crippen molar-refractivity contribution in [2.75, 3.05) is 5.01 Å². The lowest BCUT2D eigenvalue weighted by Gasteiger charge is -2.06. The third kappa shape index (κ3) is 2.23. The van der Waals surface area contributed by atoms with Crippen LogP contribution in [0.2, 0.25) is 0 Å². The maximum Gasteiger partial charge on any atom is 0.255 e. The molecular weight excluding hydrogens is 240 g/mol. The number of imidazole rings is 1. The van der Waals surface area contributed by atoms with Gasteiger partial charge in [-0.2, -0.15) is 10.1 Å². The Labute approximate surface area is 111 Å². The van der Waals surface area contributed by atoms with Gasteiger partial charge in [0, 0.05) is 5.71 Å². The van der Waals surface area contributed by atoms with Crippen molar-refractivity contribution in [1.82, 2.24) is 9.97 Å². The number of fused-ring (bicyclic) bond motifs is 1. The van der Waals surface area contributed by atoms with Crippen LogP contribution in [-0.2, 0) is 4.79 Å². The second-order valence-corrected chi connectivity index (χ2v) is 5.22. The molecule has 1 aromatic heterocycles. The Hall–Kier alpha value is -2.17. The maximum atomic E-state index is 12.0. The van der Waals surface area contributed by atoms with Crippen LogP contribution in [0, 0.1) is 5.92 Å². The van der Waals surface area contributed by atoms with Gasteiger partial charge in [0.15, 0.2) is 0 Å². The van der Waals surface area contributed by atoms with Crippen molar-refractivity contribution in [1.29, 1.82) is 0 Å². The molecule has 1 aliphatic heterocycles. The predicted molar refractivity (Wildman–Crippen MR) is 75.1 cm³/mol. The van der Waals surface area contributed by atoms with Crippen LogP contribution in [-0.4, -0.2) is 21.6 Å². The number of hydrazone groups is 1. The van der Waals surface area contributed by atoms with Crippen molar-refractivity contribution in [3.05, 3.63) is 24.3 Å². The zero-order chi connectivity index (χ0) is 13.4. The number of aromatic amines is 1. The van der Waals surface area contributed by atoms with Gasteiger partial charge in [-0.1, -0.05) is 26.0 Å². The summed E-state index contributed by atoms with van der Waals surface area (Å²) in [6, 6.07) is 7.70. The van der Waals surface area contributed by atoms with E-state index in [9.17, 15) is 4.79 Å². The summed E-state index contributed by atoms with van der Waals surface area (Å²) in [4.78, 5) is 19.5. The van der Waals surface area contributed by atoms with E-state index in [1.54, 1.807) is 0 Å². The van der Waals surface area contributed by atoms with E-state index < -0.39 is 0 Å². The maximum absolute atomic E-state index is 12.0. The van der Waals surface area contributed by atoms with Gasteiger partial charge < -0.3 is 4.98 Å². The van der Waals surface area contributed by atoms with Crippen LogP contribution in [0.1, 0.15) is 26.7 Å². The highest BCUT2D eigenvalue weighted by Gasteiger charge is 2.27. The van der Waals surface area contributed by atoms with Gasteiger partial charge in [-0.15, -0.1) is 0 Å². The molecule has 0 unspecified atom stereocenters. The van der Waals surface area contributed by atoms with Gasteiger partial charge in [0.25, 0.3) is 5.91 Å². The second kappa shape index (κ2) is 4.50. The Morgan fingerprint density at radius 3 is 2.89 bits per heavy atom. The minimum Gasteiger partial charge on any atom is -0.322 e. The van der Waals surface area contributed by atoms with E-state index in [0.717, 1.165) is 23.2 Å². The highest BCUT2D eigenvalue weighted by Crippen LogP contribution is 2.22. The minimum absolute atomic E-state index is 0.0188. The number of benzene rings is 1. The Bertz CT molecular complexity index is 623. The van der Waals surface area contributed by atoms with Crippen LogP contribution in [0.5, 0.6) is 0 Å². The summed E-state index contributed by atoms with van der Waals surface area (Å²) in [5.74, 6) is 0.988. The van der Waals surface area contributed by atoms with Crippen molar-refractivity contribution in [2.45, 2.75) is 26.7 Å². The molecule has 2 heterocycles. The quantitative estimate of drug-likeness (QED) is 0.917. The molecule has 5 nitrogen and oxygen atoms in total. The van der Waals surface area contributed by atoms with Gasteiger partial charge in [-0.3, -0.25) is 4.79 Å². The van der Waals surface area contributed by atoms with E-state index in [4.69, 9.17) is 0 Å². The summed E-state index contributed by atoms with van der Waals surface area (Å²) in [6.45, 7) is 4.24. The second-order valence-electron chi connectivity index (χ2n) is 5.22. The van der Waals surface area contributed by atoms with Crippen molar-refractivity contribution < 1.29 is 4.79 Å². The third-order valence-electron chi connectivity index (χ3n) is 3.05. The number of hydrogen-bond donors (Lipinski definition) is 1. The highest BCUT2D eigenvalue weighted by atomic mass is 16.2. The van der Waals surface area contributed by atoms with Gasteiger partial charge in [-0.05, 0) is 24.5 Å². The molecule has 5 heteroatoms. The fourth-order valence-corrected chi connectivity index (χ4v) is 2.27. The number of anilines is 1. The van der Waals surface area contributed by atoms with Crippen molar-refractivity contribution in [3.8, 4) is 0 Å². The molecule has 1 aromatic carbocycles. The third-order valence-corrected chi connectivity index (χ3v) is 3.05. The largest absolute Gasteiger partial charge is 0.322 e. The summed E-state index contributed by atoms with van der Waals surface area (Å²) < 4.78 is 0. The van der Waals surface area contributed by atoms with Gasteiger partial charge in [0.05, 0.1) is 17.5 Å². The number of nitrogens with zero attached hydrogens (tertiary/aromatic N) is 3. The summed E-state index contributed by atoms with van der Waals surface area (Å²) >= 11 is 0. The zero-order valence-corrected chi connectivity index (χ0v) is 11.1. The first-order chi connectivity index (χ1) is 9.13. The van der Waals surface area contributed by atoms with Gasteiger partial charge in [0.2, 0.25) is 5.95 Å². The molecule has 1 N–H and O–H groups in total. The van der Waals surface area contributed by atoms with Crippen LogP contribution >= 0.6 is 0 Å². The SMILES string of the molecule is CC(C)CC1=NN(c2nc3ccccc3[nH]2)C(=O)C1. The predicted octanol–water partition coefficient (Wildman–Crippen LogP) is 2.70. The first-order valence-corrected chi connectivity index (χ1v) is 6.47. The molecule has 0 spiro atoms. The number of nitrogens with one attached hydrogen (secondary N) is 1. The number of carbonyl (C=O) groups excluding carboxylic acids is 1. The number of hydrogen-bond acceptors (Lipinski definition) is 3. The highest BCUT2D eigenvalue weighted by molar-refractivity contribution is 6.12. The van der Waals surface area contributed by atoms with Gasteiger partial charge in [-0.25, -0.2) is 4.98 Å². The number of amides is 1. The van der Waals surface area contributed by atoms with Crippen LogP contribution in [0.4, 0.5) is 5.95 Å². The molecule has 1 amide bonds. The molecule has 1 aliphatic rings. The number of H-pyrrole nitrogens is 1. The minimum atomic E-state index is -0.0188. The van der Waals surface area contributed by atoms with Gasteiger partial charge in [0.1, 0.15) is 0 Å². The van der Waals surface area contributed by atoms with Crippen LogP contribution in [0.15, 0.2) is 29.4 Å². The summed E-state index contributed by atoms with van der Waals surface area (Å²) in [5.41, 5.74) is 2.69. The lowest BCUT2D eigenvalue weighted by atomic mass is 10.1. The topological polar surface area (TPSA) is 61.4 Å². The van der Waals surface area contributed by atoms with Gasteiger partial charge >= 0.3 is 0 Å². The van der Waals surface area contributed by atoms with Crippen molar-refractivity contribution in [2.24, 2.45) is 11.0 Å². The molecule has 0 bridgehead atoms. The fraction of sp³-hybridized carbons (Fsp3) is 0.357. The van der Waals surface area contributed by atoms with E-state index in [-0.39, 0.29) is 5.91 Å². The van der Waals surface area contributed by atoms with E-state index in [1.807, 2.05) is 24.3 Å². The van der Waals surface area contributed by atoms with Crippen LogP contribution in [0.25, 0.3) is 11.0 Å². The molecule has 98 valence electrons. The number of aromatic nitrogens is 2. The smallest absolute Gasteiger partial charge is 0.255 e. The van der Waals surface area contributed by atoms with E-state index in [1.165, 1.54) is 5.01 Å². The molecule has 2 aromatic rings. The lowest BCUT2D eigenvalue weighted by molar-refractivity contribution is -0.117. The van der Waals surface area contributed by atoms with E-state index >= 15 is 0 Å². The molecule has 0 atom stereocenters. The number of para-hydroxylation sites is 2. The molecule has 19 heavy (non-hydrogen) atoms. The summed E-state index contributed by atoms with van der Waals surface area (Å²) in [7, 11) is 0. The van der Waals surface area contributed by atoms with Crippen molar-refractivity contribution >= 4 is 28.6 Å². The molecule has 0 fully saturated rings. The molecule has 0 saturated heterocycles. The van der Waals surface area contributed by atoms with E-state index in [0.29, 0.717) is 18.3 Å². The van der Waals surface area contributed by atoms with Crippen molar-refractivity contribution in [3.63, 3.8) is 0 Å². The Balaban J connectivity index is 1.92. The van der Waals surface area contributed by atoms with Crippen LogP contribution < -0.4 is 5.01 Å². The first kappa shape index (κ1) is 11.9. The first-order valence-electron chi connectivity index (χ1n) is 6.47. The average Bonchev–Trinajstić information content (AvgIpc) is 2.91. The van der Waals surface area contributed by atoms with E-state index in [2.05, 4.69) is 28.9 Å². The Morgan fingerprint density at radius 1 is 1.37 bits per heavy atom.